The minimum absolute atomic E-state index is 0.191. The number of carbonyl (C=O) groups is 1. The predicted octanol–water partition coefficient (Wildman–Crippen LogP) is 7.12. The van der Waals surface area contributed by atoms with Crippen LogP contribution in [0.25, 0.3) is 5.95 Å². The summed E-state index contributed by atoms with van der Waals surface area (Å²) in [4.78, 5) is 40.5. The summed E-state index contributed by atoms with van der Waals surface area (Å²) in [6, 6.07) is 13.2. The van der Waals surface area contributed by atoms with E-state index >= 15 is 0 Å². The zero-order valence-corrected chi connectivity index (χ0v) is 28.9. The summed E-state index contributed by atoms with van der Waals surface area (Å²) in [7, 11) is 0. The Hall–Kier alpha value is -4.18. The van der Waals surface area contributed by atoms with E-state index in [9.17, 15) is 14.7 Å². The Bertz CT molecular complexity index is 1650. The molecule has 0 saturated carbocycles. The molecule has 0 aliphatic rings. The van der Waals surface area contributed by atoms with Crippen LogP contribution in [0.2, 0.25) is 0 Å². The molecule has 0 radical (unpaired) electrons. The maximum absolute atomic E-state index is 14.3. The Morgan fingerprint density at radius 1 is 0.979 bits per heavy atom. The lowest BCUT2D eigenvalue weighted by molar-refractivity contribution is -0.145. The largest absolute Gasteiger partial charge is 0.489 e. The minimum Gasteiger partial charge on any atom is -0.489 e. The maximum Gasteiger partial charge on any atom is 0.349 e. The zero-order valence-electron chi connectivity index (χ0n) is 28.1. The van der Waals surface area contributed by atoms with Crippen LogP contribution in [0.15, 0.2) is 59.7 Å². The van der Waals surface area contributed by atoms with Crippen molar-refractivity contribution >= 4 is 17.7 Å². The smallest absolute Gasteiger partial charge is 0.349 e. The number of aryl methyl sites for hydroxylation is 4. The van der Waals surface area contributed by atoms with Gasteiger partial charge in [0.1, 0.15) is 11.6 Å². The summed E-state index contributed by atoms with van der Waals surface area (Å²) < 4.78 is 13.5. The van der Waals surface area contributed by atoms with E-state index in [1.165, 1.54) is 4.57 Å². The molecule has 0 spiro atoms. The normalized spacial score (nSPS) is 11.8. The second kappa shape index (κ2) is 17.7. The summed E-state index contributed by atoms with van der Waals surface area (Å²) in [5.74, 6) is 1.76. The third-order valence-corrected chi connectivity index (χ3v) is 8.43. The molecule has 1 unspecified atom stereocenters. The highest BCUT2D eigenvalue weighted by molar-refractivity contribution is 7.98. The van der Waals surface area contributed by atoms with Crippen molar-refractivity contribution in [2.45, 2.75) is 85.2 Å². The Morgan fingerprint density at radius 3 is 2.21 bits per heavy atom. The molecule has 4 aromatic rings. The van der Waals surface area contributed by atoms with Gasteiger partial charge in [0.2, 0.25) is 12.1 Å². The van der Waals surface area contributed by atoms with Gasteiger partial charge < -0.3 is 14.6 Å². The van der Waals surface area contributed by atoms with Crippen molar-refractivity contribution in [1.29, 1.82) is 0 Å². The molecule has 2 aromatic heterocycles. The van der Waals surface area contributed by atoms with Crippen molar-refractivity contribution in [1.82, 2.24) is 19.5 Å². The number of hydrogen-bond acceptors (Lipinski definition) is 8. The van der Waals surface area contributed by atoms with Crippen LogP contribution in [0.1, 0.15) is 91.9 Å². The molecule has 0 amide bonds. The fourth-order valence-electron chi connectivity index (χ4n) is 5.63. The van der Waals surface area contributed by atoms with Gasteiger partial charge in [-0.1, -0.05) is 82.5 Å². The third kappa shape index (κ3) is 9.22. The number of nitrogens with zero attached hydrogens (tertiary/aromatic N) is 4. The number of benzene rings is 2. The van der Waals surface area contributed by atoms with E-state index in [1.54, 1.807) is 36.3 Å². The molecular weight excluding hydrogens is 612 g/mol. The molecule has 1 N–H and O–H groups in total. The lowest BCUT2D eigenvalue weighted by Gasteiger charge is -2.22. The van der Waals surface area contributed by atoms with E-state index in [4.69, 9.17) is 14.5 Å². The lowest BCUT2D eigenvalue weighted by atomic mass is 9.94. The van der Waals surface area contributed by atoms with Crippen LogP contribution in [-0.2, 0) is 30.5 Å². The fraction of sp³-hybridized carbons (Fsp3) is 0.432. The van der Waals surface area contributed by atoms with Crippen molar-refractivity contribution in [2.24, 2.45) is 0 Å². The van der Waals surface area contributed by atoms with E-state index in [2.05, 4.69) is 42.9 Å². The lowest BCUT2D eigenvalue weighted by Crippen LogP contribution is -2.29. The molecule has 9 nitrogen and oxygen atoms in total. The maximum atomic E-state index is 14.3. The summed E-state index contributed by atoms with van der Waals surface area (Å²) in [6.45, 7) is 8.66. The van der Waals surface area contributed by atoms with E-state index in [0.717, 1.165) is 53.8 Å². The minimum atomic E-state index is -1.13. The van der Waals surface area contributed by atoms with Crippen LogP contribution in [0.5, 0.6) is 11.5 Å². The van der Waals surface area contributed by atoms with Crippen LogP contribution >= 0.6 is 11.8 Å². The van der Waals surface area contributed by atoms with Gasteiger partial charge in [-0.05, 0) is 55.6 Å². The van der Waals surface area contributed by atoms with Crippen LogP contribution in [0, 0.1) is 6.92 Å². The molecule has 2 aromatic carbocycles. The van der Waals surface area contributed by atoms with Crippen molar-refractivity contribution in [3.8, 4) is 17.4 Å². The summed E-state index contributed by atoms with van der Waals surface area (Å²) in [5.41, 5.74) is 4.62. The second-order valence-electron chi connectivity index (χ2n) is 11.6. The number of hydrogen-bond donors (Lipinski definition) is 1. The average Bonchev–Trinajstić information content (AvgIpc) is 3.06. The molecule has 0 aliphatic heterocycles. The quantitative estimate of drug-likeness (QED) is 0.112. The zero-order chi connectivity index (χ0) is 33.8. The summed E-state index contributed by atoms with van der Waals surface area (Å²) in [5, 5.41) is 10.1. The van der Waals surface area contributed by atoms with Gasteiger partial charge in [0.15, 0.2) is 5.75 Å². The molecule has 0 saturated heterocycles. The summed E-state index contributed by atoms with van der Waals surface area (Å²) >= 11 is 1.69. The van der Waals surface area contributed by atoms with E-state index in [0.29, 0.717) is 60.7 Å². The van der Waals surface area contributed by atoms with Gasteiger partial charge in [0.25, 0.3) is 5.56 Å². The van der Waals surface area contributed by atoms with Gasteiger partial charge in [-0.3, -0.25) is 4.79 Å². The Labute approximate surface area is 281 Å². The van der Waals surface area contributed by atoms with Gasteiger partial charge >= 0.3 is 5.97 Å². The number of carboxylic acid groups (broad SMARTS) is 1. The number of rotatable bonds is 18. The van der Waals surface area contributed by atoms with Crippen molar-refractivity contribution in [3.05, 3.63) is 105 Å². The van der Waals surface area contributed by atoms with Crippen molar-refractivity contribution in [3.63, 3.8) is 0 Å². The van der Waals surface area contributed by atoms with E-state index < -0.39 is 12.1 Å². The highest BCUT2D eigenvalue weighted by atomic mass is 32.2. The first-order valence-corrected chi connectivity index (χ1v) is 17.8. The number of carboxylic acids is 1. The Morgan fingerprint density at radius 2 is 1.64 bits per heavy atom. The molecule has 0 fully saturated rings. The SMILES string of the molecule is CCCCc1nc(C)n(-c2ncc(OCCSC)cn2)c(=O)c1Cc1cc(CCC)c(OC(C(=O)O)c2ccccc2)c(CCC)c1. The summed E-state index contributed by atoms with van der Waals surface area (Å²) in [6.07, 6.45) is 10.1. The van der Waals surface area contributed by atoms with Gasteiger partial charge in [0.05, 0.1) is 24.7 Å². The average molecular weight is 659 g/mol. The molecule has 1 atom stereocenters. The highest BCUT2D eigenvalue weighted by Crippen LogP contribution is 2.34. The highest BCUT2D eigenvalue weighted by Gasteiger charge is 2.25. The number of ether oxygens (including phenoxy) is 2. The first-order valence-electron chi connectivity index (χ1n) is 16.5. The van der Waals surface area contributed by atoms with E-state index in [-0.39, 0.29) is 11.5 Å². The molecule has 0 bridgehead atoms. The molecule has 4 rings (SSSR count). The molecule has 0 aliphatic carbocycles. The van der Waals surface area contributed by atoms with E-state index in [1.807, 2.05) is 31.4 Å². The first kappa shape index (κ1) is 35.7. The number of aromatic nitrogens is 4. The molecule has 250 valence electrons. The van der Waals surface area contributed by atoms with Crippen LogP contribution in [-0.4, -0.2) is 49.2 Å². The van der Waals surface area contributed by atoms with Gasteiger partial charge in [-0.25, -0.2) is 24.3 Å². The third-order valence-electron chi connectivity index (χ3n) is 7.85. The van der Waals surface area contributed by atoms with Gasteiger partial charge in [0, 0.05) is 23.3 Å². The molecular formula is C37H46N4O5S. The Balaban J connectivity index is 1.78. The van der Waals surface area contributed by atoms with Gasteiger partial charge in [-0.15, -0.1) is 0 Å². The number of thioether (sulfide) groups is 1. The monoisotopic (exact) mass is 658 g/mol. The van der Waals surface area contributed by atoms with Crippen molar-refractivity contribution < 1.29 is 19.4 Å². The van der Waals surface area contributed by atoms with Crippen LogP contribution in [0.4, 0.5) is 0 Å². The fourth-order valence-corrected chi connectivity index (χ4v) is 5.88. The number of aliphatic carboxylic acids is 1. The topological polar surface area (TPSA) is 116 Å². The standard InChI is InChI=1S/C37H46N4O5S/c1-6-9-17-32-31(35(42)41(25(4)40-32)37-38-23-30(24-39-37)45-18-19-47-5)22-26-20-28(13-7-2)33(29(21-26)14-8-3)46-34(36(43)44)27-15-11-10-12-16-27/h10-12,15-16,20-21,23-24,34H,6-9,13-14,17-19,22H2,1-5H3,(H,43,44). The van der Waals surface area contributed by atoms with Crippen LogP contribution in [0.3, 0.4) is 0 Å². The predicted molar refractivity (Wildman–Crippen MR) is 187 cm³/mol. The second-order valence-corrected chi connectivity index (χ2v) is 12.5. The Kier molecular flexibility index (Phi) is 13.4. The molecule has 2 heterocycles. The number of unbranched alkanes of at least 4 members (excludes halogenated alkanes) is 1. The van der Waals surface area contributed by atoms with Crippen LogP contribution < -0.4 is 15.0 Å². The van der Waals surface area contributed by atoms with Crippen molar-refractivity contribution in [2.75, 3.05) is 18.6 Å². The first-order chi connectivity index (χ1) is 22.8. The molecule has 47 heavy (non-hydrogen) atoms. The van der Waals surface area contributed by atoms with Gasteiger partial charge in [-0.2, -0.15) is 11.8 Å². The molecule has 10 heteroatoms.